The van der Waals surface area contributed by atoms with Crippen LogP contribution in [0.15, 0.2) is 18.2 Å². The molecule has 0 unspecified atom stereocenters. The monoisotopic (exact) mass is 248 g/mol. The van der Waals surface area contributed by atoms with Crippen LogP contribution in [-0.2, 0) is 10.0 Å². The van der Waals surface area contributed by atoms with Gasteiger partial charge in [0.15, 0.2) is 0 Å². The molecule has 0 saturated carbocycles. The Balaban J connectivity index is 3.07. The molecule has 0 heterocycles. The number of nitrogens with one attached hydrogen (secondary N) is 1. The summed E-state index contributed by atoms with van der Waals surface area (Å²) in [5.74, 6) is -0.661. The van der Waals surface area contributed by atoms with Gasteiger partial charge in [0.2, 0.25) is 15.9 Å². The Morgan fingerprint density at radius 2 is 2.07 bits per heavy atom. The van der Waals surface area contributed by atoms with E-state index in [-0.39, 0.29) is 16.3 Å². The van der Waals surface area contributed by atoms with E-state index in [2.05, 4.69) is 4.72 Å². The normalized spacial score (nSPS) is 11.1. The van der Waals surface area contributed by atoms with Crippen molar-refractivity contribution in [2.75, 3.05) is 11.0 Å². The molecule has 15 heavy (non-hydrogen) atoms. The molecular weight excluding hydrogens is 240 g/mol. The Labute approximate surface area is 92.3 Å². The van der Waals surface area contributed by atoms with Crippen LogP contribution >= 0.6 is 11.6 Å². The zero-order chi connectivity index (χ0) is 11.6. The number of anilines is 1. The number of halogens is 1. The number of sulfonamides is 1. The molecule has 1 rings (SSSR count). The highest BCUT2D eigenvalue weighted by molar-refractivity contribution is 7.92. The van der Waals surface area contributed by atoms with E-state index >= 15 is 0 Å². The number of primary amides is 1. The van der Waals surface area contributed by atoms with Crippen molar-refractivity contribution in [1.29, 1.82) is 0 Å². The highest BCUT2D eigenvalue weighted by Crippen LogP contribution is 2.20. The maximum Gasteiger partial charge on any atom is 0.250 e. The van der Waals surface area contributed by atoms with E-state index in [0.29, 0.717) is 0 Å². The number of nitrogens with two attached hydrogens (primary N) is 1. The molecule has 1 aromatic rings. The van der Waals surface area contributed by atoms with Gasteiger partial charge in [-0.25, -0.2) is 8.42 Å². The van der Waals surface area contributed by atoms with Gasteiger partial charge >= 0.3 is 0 Å². The van der Waals surface area contributed by atoms with Gasteiger partial charge in [0.05, 0.1) is 16.8 Å². The van der Waals surface area contributed by atoms with Gasteiger partial charge in [-0.1, -0.05) is 11.6 Å². The lowest BCUT2D eigenvalue weighted by Crippen LogP contribution is -2.13. The van der Waals surface area contributed by atoms with Gasteiger partial charge in [0.1, 0.15) is 0 Å². The summed E-state index contributed by atoms with van der Waals surface area (Å²) < 4.78 is 24.0. The second-order valence-electron chi connectivity index (χ2n) is 2.93. The number of rotatable bonds is 3. The van der Waals surface area contributed by atoms with Crippen LogP contribution in [0.3, 0.4) is 0 Å². The lowest BCUT2D eigenvalue weighted by molar-refractivity contribution is 0.100. The van der Waals surface area contributed by atoms with Gasteiger partial charge in [-0.15, -0.1) is 0 Å². The van der Waals surface area contributed by atoms with Gasteiger partial charge in [-0.3, -0.25) is 9.52 Å². The second kappa shape index (κ2) is 4.08. The predicted octanol–water partition coefficient (Wildman–Crippen LogP) is 0.810. The minimum Gasteiger partial charge on any atom is -0.366 e. The molecule has 0 radical (unpaired) electrons. The van der Waals surface area contributed by atoms with Crippen molar-refractivity contribution in [1.82, 2.24) is 0 Å². The maximum atomic E-state index is 10.9. The molecule has 3 N–H and O–H groups in total. The summed E-state index contributed by atoms with van der Waals surface area (Å²) in [4.78, 5) is 10.8. The fourth-order valence-electron chi connectivity index (χ4n) is 0.992. The van der Waals surface area contributed by atoms with Gasteiger partial charge < -0.3 is 5.73 Å². The number of amides is 1. The highest BCUT2D eigenvalue weighted by atomic mass is 35.5. The Morgan fingerprint density at radius 3 is 2.47 bits per heavy atom. The summed E-state index contributed by atoms with van der Waals surface area (Å²) in [6, 6.07) is 4.09. The molecule has 82 valence electrons. The third kappa shape index (κ3) is 3.41. The lowest BCUT2D eigenvalue weighted by atomic mass is 10.2. The van der Waals surface area contributed by atoms with Crippen LogP contribution in [0.4, 0.5) is 5.69 Å². The number of carbonyl (C=O) groups is 1. The van der Waals surface area contributed by atoms with Crippen molar-refractivity contribution in [2.24, 2.45) is 5.73 Å². The summed E-state index contributed by atoms with van der Waals surface area (Å²) >= 11 is 5.72. The van der Waals surface area contributed by atoms with E-state index in [4.69, 9.17) is 17.3 Å². The Bertz CT molecular complexity index is 499. The van der Waals surface area contributed by atoms with Crippen LogP contribution in [0, 0.1) is 0 Å². The van der Waals surface area contributed by atoms with Crippen LogP contribution in [0.2, 0.25) is 5.02 Å². The largest absolute Gasteiger partial charge is 0.366 e. The quantitative estimate of drug-likeness (QED) is 0.830. The molecule has 0 aliphatic heterocycles. The van der Waals surface area contributed by atoms with Crippen molar-refractivity contribution in [3.63, 3.8) is 0 Å². The summed E-state index contributed by atoms with van der Waals surface area (Å²) in [5, 5.41) is 0.108. The van der Waals surface area contributed by atoms with Crippen molar-refractivity contribution in [3.8, 4) is 0 Å². The molecule has 0 fully saturated rings. The smallest absolute Gasteiger partial charge is 0.250 e. The van der Waals surface area contributed by atoms with E-state index in [0.717, 1.165) is 6.26 Å². The molecule has 1 amide bonds. The fourth-order valence-corrected chi connectivity index (χ4v) is 1.82. The van der Waals surface area contributed by atoms with Crippen LogP contribution in [0.1, 0.15) is 10.4 Å². The van der Waals surface area contributed by atoms with Crippen molar-refractivity contribution in [2.45, 2.75) is 0 Å². The lowest BCUT2D eigenvalue weighted by Gasteiger charge is -2.05. The summed E-state index contributed by atoms with van der Waals surface area (Å²) in [6.07, 6.45) is 1.02. The molecule has 0 atom stereocenters. The number of carbonyl (C=O) groups excluding carboxylic acids is 1. The first-order valence-corrected chi connectivity index (χ1v) is 6.13. The molecule has 0 aliphatic carbocycles. The summed E-state index contributed by atoms with van der Waals surface area (Å²) in [5.41, 5.74) is 5.46. The first-order valence-electron chi connectivity index (χ1n) is 3.87. The Hall–Kier alpha value is -1.27. The van der Waals surface area contributed by atoms with Gasteiger partial charge in [-0.2, -0.15) is 0 Å². The average molecular weight is 249 g/mol. The average Bonchev–Trinajstić information content (AvgIpc) is 1.99. The van der Waals surface area contributed by atoms with Crippen molar-refractivity contribution in [3.05, 3.63) is 28.8 Å². The van der Waals surface area contributed by atoms with Gasteiger partial charge in [0.25, 0.3) is 0 Å². The highest BCUT2D eigenvalue weighted by Gasteiger charge is 2.08. The summed E-state index contributed by atoms with van der Waals surface area (Å²) in [6.45, 7) is 0. The van der Waals surface area contributed by atoms with Crippen molar-refractivity contribution >= 4 is 33.2 Å². The van der Waals surface area contributed by atoms with Crippen LogP contribution < -0.4 is 10.5 Å². The number of hydrogen-bond donors (Lipinski definition) is 2. The molecule has 7 heteroatoms. The van der Waals surface area contributed by atoms with E-state index in [1.165, 1.54) is 18.2 Å². The molecule has 0 spiro atoms. The van der Waals surface area contributed by atoms with E-state index < -0.39 is 15.9 Å². The number of hydrogen-bond acceptors (Lipinski definition) is 3. The second-order valence-corrected chi connectivity index (χ2v) is 5.09. The zero-order valence-corrected chi connectivity index (χ0v) is 9.39. The minimum absolute atomic E-state index is 0.108. The standard InChI is InChI=1S/C8H9ClN2O3S/c1-15(13,14)11-5-2-3-6(8(10)12)7(9)4-5/h2-4,11H,1H3,(H2,10,12). The number of benzene rings is 1. The Morgan fingerprint density at radius 1 is 1.47 bits per heavy atom. The molecular formula is C8H9ClN2O3S. The third-order valence-electron chi connectivity index (χ3n) is 1.54. The molecule has 5 nitrogen and oxygen atoms in total. The minimum atomic E-state index is -3.35. The predicted molar refractivity (Wildman–Crippen MR) is 58.4 cm³/mol. The first-order chi connectivity index (χ1) is 6.79. The maximum absolute atomic E-state index is 10.9. The SMILES string of the molecule is CS(=O)(=O)Nc1ccc(C(N)=O)c(Cl)c1. The van der Waals surface area contributed by atoms with Crippen LogP contribution in [0.25, 0.3) is 0 Å². The van der Waals surface area contributed by atoms with E-state index in [1.54, 1.807) is 0 Å². The molecule has 1 aromatic carbocycles. The molecule has 0 bridgehead atoms. The van der Waals surface area contributed by atoms with Gasteiger partial charge in [0, 0.05) is 5.69 Å². The van der Waals surface area contributed by atoms with E-state index in [1.807, 2.05) is 0 Å². The Kier molecular flexibility index (Phi) is 3.21. The topological polar surface area (TPSA) is 89.3 Å². The van der Waals surface area contributed by atoms with Crippen LogP contribution in [0.5, 0.6) is 0 Å². The molecule has 0 aromatic heterocycles. The fraction of sp³-hybridized carbons (Fsp3) is 0.125. The van der Waals surface area contributed by atoms with Crippen molar-refractivity contribution < 1.29 is 13.2 Å². The third-order valence-corrected chi connectivity index (χ3v) is 2.46. The molecule has 0 aliphatic rings. The van der Waals surface area contributed by atoms with E-state index in [9.17, 15) is 13.2 Å². The van der Waals surface area contributed by atoms with Gasteiger partial charge in [-0.05, 0) is 18.2 Å². The van der Waals surface area contributed by atoms with Crippen LogP contribution in [-0.4, -0.2) is 20.6 Å². The summed E-state index contributed by atoms with van der Waals surface area (Å²) in [7, 11) is -3.35. The first kappa shape index (κ1) is 11.8. The molecule has 0 saturated heterocycles. The zero-order valence-electron chi connectivity index (χ0n) is 7.82.